The Labute approximate surface area is 72.9 Å². The minimum atomic E-state index is 0.172. The maximum Gasteiger partial charge on any atom is 0.223 e. The number of hydrogen-bond donors (Lipinski definition) is 3. The number of carbonyl (C=O) groups is 1. The highest BCUT2D eigenvalue weighted by atomic mass is 16.1. The first-order valence-electron chi connectivity index (χ1n) is 4.51. The van der Waals surface area contributed by atoms with Gasteiger partial charge in [-0.05, 0) is 26.2 Å². The summed E-state index contributed by atoms with van der Waals surface area (Å²) in [6, 6.07) is 0.331. The van der Waals surface area contributed by atoms with Gasteiger partial charge in [-0.1, -0.05) is 0 Å². The molecule has 1 fully saturated rings. The first-order valence-corrected chi connectivity index (χ1v) is 4.51. The standard InChI is InChI=1S/C8H17N3O/c1-2-10-8(12)6-3-4-7(5-6)11-9/h6-7,11H,2-5,9H2,1H3,(H,10,12). The van der Waals surface area contributed by atoms with Crippen molar-refractivity contribution in [2.75, 3.05) is 6.54 Å². The maximum atomic E-state index is 11.3. The van der Waals surface area contributed by atoms with Crippen molar-refractivity contribution in [1.29, 1.82) is 0 Å². The van der Waals surface area contributed by atoms with Gasteiger partial charge in [0, 0.05) is 18.5 Å². The molecule has 1 rings (SSSR count). The number of carbonyl (C=O) groups excluding carboxylic acids is 1. The van der Waals surface area contributed by atoms with E-state index in [2.05, 4.69) is 10.7 Å². The largest absolute Gasteiger partial charge is 0.356 e. The fourth-order valence-electron chi connectivity index (χ4n) is 1.69. The molecule has 2 atom stereocenters. The second-order valence-corrected chi connectivity index (χ2v) is 3.27. The Balaban J connectivity index is 2.31. The van der Waals surface area contributed by atoms with Crippen LogP contribution >= 0.6 is 0 Å². The van der Waals surface area contributed by atoms with Crippen LogP contribution in [0.4, 0.5) is 0 Å². The van der Waals surface area contributed by atoms with E-state index in [0.717, 1.165) is 25.8 Å². The molecule has 0 aromatic carbocycles. The molecule has 0 bridgehead atoms. The molecule has 0 aromatic heterocycles. The highest BCUT2D eigenvalue weighted by molar-refractivity contribution is 5.78. The van der Waals surface area contributed by atoms with Crippen molar-refractivity contribution < 1.29 is 4.79 Å². The van der Waals surface area contributed by atoms with Gasteiger partial charge in [0.2, 0.25) is 5.91 Å². The van der Waals surface area contributed by atoms with E-state index in [9.17, 15) is 4.79 Å². The lowest BCUT2D eigenvalue weighted by Crippen LogP contribution is -2.34. The molecule has 4 N–H and O–H groups in total. The lowest BCUT2D eigenvalue weighted by Gasteiger charge is -2.09. The smallest absolute Gasteiger partial charge is 0.223 e. The highest BCUT2D eigenvalue weighted by Crippen LogP contribution is 2.24. The highest BCUT2D eigenvalue weighted by Gasteiger charge is 2.28. The van der Waals surface area contributed by atoms with E-state index in [4.69, 9.17) is 5.84 Å². The van der Waals surface area contributed by atoms with E-state index in [-0.39, 0.29) is 11.8 Å². The van der Waals surface area contributed by atoms with Crippen LogP contribution < -0.4 is 16.6 Å². The second kappa shape index (κ2) is 4.42. The predicted octanol–water partition coefficient (Wildman–Crippen LogP) is -0.245. The summed E-state index contributed by atoms with van der Waals surface area (Å²) in [6.07, 6.45) is 2.85. The number of amides is 1. The van der Waals surface area contributed by atoms with Crippen molar-refractivity contribution in [1.82, 2.24) is 10.7 Å². The van der Waals surface area contributed by atoms with Gasteiger partial charge in [-0.15, -0.1) is 0 Å². The Bertz CT molecular complexity index is 160. The third kappa shape index (κ3) is 2.19. The normalized spacial score (nSPS) is 28.8. The molecule has 1 aliphatic rings. The van der Waals surface area contributed by atoms with Crippen LogP contribution in [0.3, 0.4) is 0 Å². The van der Waals surface area contributed by atoms with Crippen LogP contribution in [0.15, 0.2) is 0 Å². The fraction of sp³-hybridized carbons (Fsp3) is 0.875. The Kier molecular flexibility index (Phi) is 3.49. The predicted molar refractivity (Wildman–Crippen MR) is 47.1 cm³/mol. The molecule has 4 nitrogen and oxygen atoms in total. The minimum Gasteiger partial charge on any atom is -0.356 e. The van der Waals surface area contributed by atoms with Gasteiger partial charge in [0.1, 0.15) is 0 Å². The summed E-state index contributed by atoms with van der Waals surface area (Å²) in [5, 5.41) is 2.82. The van der Waals surface area contributed by atoms with Gasteiger partial charge < -0.3 is 5.32 Å². The molecule has 1 saturated carbocycles. The van der Waals surface area contributed by atoms with E-state index in [1.54, 1.807) is 0 Å². The van der Waals surface area contributed by atoms with E-state index in [1.165, 1.54) is 0 Å². The molecular weight excluding hydrogens is 154 g/mol. The summed E-state index contributed by atoms with van der Waals surface area (Å²) in [6.45, 7) is 2.65. The Hall–Kier alpha value is -0.610. The van der Waals surface area contributed by atoms with Gasteiger partial charge in [0.05, 0.1) is 0 Å². The van der Waals surface area contributed by atoms with Crippen LogP contribution in [0.2, 0.25) is 0 Å². The SMILES string of the molecule is CCNC(=O)C1CCC(NN)C1. The molecule has 0 radical (unpaired) electrons. The molecule has 4 heteroatoms. The van der Waals surface area contributed by atoms with Gasteiger partial charge >= 0.3 is 0 Å². The zero-order valence-electron chi connectivity index (χ0n) is 7.47. The zero-order valence-corrected chi connectivity index (χ0v) is 7.47. The molecule has 1 amide bonds. The van der Waals surface area contributed by atoms with Gasteiger partial charge in [0.25, 0.3) is 0 Å². The lowest BCUT2D eigenvalue weighted by atomic mass is 10.1. The molecule has 0 aromatic rings. The molecular formula is C8H17N3O. The molecule has 2 unspecified atom stereocenters. The topological polar surface area (TPSA) is 67.2 Å². The van der Waals surface area contributed by atoms with Crippen molar-refractivity contribution in [2.45, 2.75) is 32.2 Å². The molecule has 0 saturated heterocycles. The van der Waals surface area contributed by atoms with Gasteiger partial charge in [-0.2, -0.15) is 0 Å². The lowest BCUT2D eigenvalue weighted by molar-refractivity contribution is -0.124. The number of hydrogen-bond acceptors (Lipinski definition) is 3. The second-order valence-electron chi connectivity index (χ2n) is 3.27. The zero-order chi connectivity index (χ0) is 8.97. The summed E-state index contributed by atoms with van der Waals surface area (Å²) in [4.78, 5) is 11.3. The molecule has 70 valence electrons. The number of nitrogens with one attached hydrogen (secondary N) is 2. The molecule has 1 aliphatic carbocycles. The average Bonchev–Trinajstić information content (AvgIpc) is 2.52. The van der Waals surface area contributed by atoms with Crippen LogP contribution in [0.25, 0.3) is 0 Å². The number of rotatable bonds is 3. The van der Waals surface area contributed by atoms with Crippen molar-refractivity contribution in [3.8, 4) is 0 Å². The quantitative estimate of drug-likeness (QED) is 0.405. The van der Waals surface area contributed by atoms with Crippen molar-refractivity contribution >= 4 is 5.91 Å². The third-order valence-electron chi connectivity index (χ3n) is 2.39. The van der Waals surface area contributed by atoms with Crippen LogP contribution in [-0.4, -0.2) is 18.5 Å². The number of hydrazine groups is 1. The van der Waals surface area contributed by atoms with Gasteiger partial charge in [-0.25, -0.2) is 0 Å². The Morgan fingerprint density at radius 2 is 2.33 bits per heavy atom. The summed E-state index contributed by atoms with van der Waals surface area (Å²) in [5.41, 5.74) is 2.71. The van der Waals surface area contributed by atoms with E-state index in [0.29, 0.717) is 6.04 Å². The van der Waals surface area contributed by atoms with Gasteiger partial charge in [-0.3, -0.25) is 16.1 Å². The van der Waals surface area contributed by atoms with Crippen molar-refractivity contribution in [3.63, 3.8) is 0 Å². The van der Waals surface area contributed by atoms with E-state index in [1.807, 2.05) is 6.92 Å². The third-order valence-corrected chi connectivity index (χ3v) is 2.39. The average molecular weight is 171 g/mol. The van der Waals surface area contributed by atoms with Gasteiger partial charge in [0.15, 0.2) is 0 Å². The minimum absolute atomic E-state index is 0.172. The van der Waals surface area contributed by atoms with Crippen LogP contribution in [0, 0.1) is 5.92 Å². The van der Waals surface area contributed by atoms with E-state index < -0.39 is 0 Å². The first kappa shape index (κ1) is 9.48. The van der Waals surface area contributed by atoms with Crippen LogP contribution in [0.5, 0.6) is 0 Å². The Morgan fingerprint density at radius 3 is 2.83 bits per heavy atom. The molecule has 0 heterocycles. The van der Waals surface area contributed by atoms with Crippen LogP contribution in [-0.2, 0) is 4.79 Å². The summed E-state index contributed by atoms with van der Waals surface area (Å²) >= 11 is 0. The number of nitrogens with two attached hydrogens (primary N) is 1. The van der Waals surface area contributed by atoms with Crippen molar-refractivity contribution in [3.05, 3.63) is 0 Å². The fourth-order valence-corrected chi connectivity index (χ4v) is 1.69. The maximum absolute atomic E-state index is 11.3. The summed E-state index contributed by atoms with van der Waals surface area (Å²) < 4.78 is 0. The Morgan fingerprint density at radius 1 is 1.58 bits per heavy atom. The van der Waals surface area contributed by atoms with Crippen molar-refractivity contribution in [2.24, 2.45) is 11.8 Å². The molecule has 0 spiro atoms. The monoisotopic (exact) mass is 171 g/mol. The first-order chi connectivity index (χ1) is 5.77. The summed E-state index contributed by atoms with van der Waals surface area (Å²) in [5.74, 6) is 5.64. The molecule has 12 heavy (non-hydrogen) atoms. The van der Waals surface area contributed by atoms with E-state index >= 15 is 0 Å². The molecule has 0 aliphatic heterocycles. The van der Waals surface area contributed by atoms with Crippen LogP contribution in [0.1, 0.15) is 26.2 Å². The summed E-state index contributed by atoms with van der Waals surface area (Å²) in [7, 11) is 0.